The summed E-state index contributed by atoms with van der Waals surface area (Å²) in [5, 5.41) is 12.2. The topological polar surface area (TPSA) is 70.4 Å². The fourth-order valence-corrected chi connectivity index (χ4v) is 4.10. The van der Waals surface area contributed by atoms with E-state index in [2.05, 4.69) is 35.1 Å². The zero-order valence-corrected chi connectivity index (χ0v) is 16.6. The Hall–Kier alpha value is -1.68. The van der Waals surface area contributed by atoms with E-state index in [-0.39, 0.29) is 11.7 Å². The normalized spacial score (nSPS) is 26.2. The van der Waals surface area contributed by atoms with E-state index in [1.807, 2.05) is 6.07 Å². The third-order valence-electron chi connectivity index (χ3n) is 5.84. The number of anilines is 1. The van der Waals surface area contributed by atoms with Crippen LogP contribution in [0.4, 0.5) is 5.82 Å². The number of ether oxygens (including phenoxy) is 2. The van der Waals surface area contributed by atoms with Crippen molar-refractivity contribution in [2.75, 3.05) is 44.7 Å². The molecule has 0 saturated carbocycles. The largest absolute Gasteiger partial charge is 0.377 e. The summed E-state index contributed by atoms with van der Waals surface area (Å²) in [7, 11) is 0. The number of nitrogens with zero attached hydrogens (tertiary/aromatic N) is 3. The Bertz CT molecular complexity index is 626. The molecule has 0 aromatic carbocycles. The Kier molecular flexibility index (Phi) is 7.06. The van der Waals surface area contributed by atoms with Crippen LogP contribution in [0.3, 0.4) is 0 Å². The minimum Gasteiger partial charge on any atom is -0.377 e. The molecule has 0 unspecified atom stereocenters. The van der Waals surface area contributed by atoms with E-state index in [4.69, 9.17) is 14.7 Å². The fourth-order valence-electron chi connectivity index (χ4n) is 4.10. The molecule has 1 N–H and O–H groups in total. The number of pyridine rings is 1. The molecular weight excluding hydrogens is 340 g/mol. The van der Waals surface area contributed by atoms with E-state index in [9.17, 15) is 0 Å². The molecule has 1 aromatic heterocycles. The summed E-state index contributed by atoms with van der Waals surface area (Å²) in [6.45, 7) is 9.88. The first kappa shape index (κ1) is 20.1. The highest BCUT2D eigenvalue weighted by Crippen LogP contribution is 2.33. The molecule has 2 atom stereocenters. The molecule has 0 bridgehead atoms. The molecular formula is C21H32N4O2. The van der Waals surface area contributed by atoms with Gasteiger partial charge in [0.25, 0.3) is 0 Å². The second-order valence-corrected chi connectivity index (χ2v) is 7.86. The van der Waals surface area contributed by atoms with Gasteiger partial charge in [-0.15, -0.1) is 0 Å². The number of hydrogen-bond donors (Lipinski definition) is 1. The molecule has 6 nitrogen and oxygen atoms in total. The maximum atomic E-state index is 8.86. The Morgan fingerprint density at radius 1 is 1.41 bits per heavy atom. The fraction of sp³-hybridized carbons (Fsp3) is 0.714. The standard InChI is InChI=1S/C21H32N4O2/c1-3-17(4-2)14-25-9-10-26-16-21(15-25)8-7-19(27-21)13-24-20-6-5-18(11-22)12-23-20/h5-6,12,17,19H,3-4,7-10,13-16H2,1-2H3,(H,23,24)/t19-,21+/m0/s1. The van der Waals surface area contributed by atoms with Crippen LogP contribution in [-0.2, 0) is 9.47 Å². The molecule has 1 aromatic rings. The van der Waals surface area contributed by atoms with E-state index in [0.29, 0.717) is 12.2 Å². The summed E-state index contributed by atoms with van der Waals surface area (Å²) in [5.74, 6) is 1.53. The number of hydrogen-bond acceptors (Lipinski definition) is 6. The van der Waals surface area contributed by atoms with Crippen LogP contribution in [0.2, 0.25) is 0 Å². The highest BCUT2D eigenvalue weighted by Gasteiger charge is 2.43. The Morgan fingerprint density at radius 3 is 2.96 bits per heavy atom. The van der Waals surface area contributed by atoms with Gasteiger partial charge in [0.05, 0.1) is 24.9 Å². The van der Waals surface area contributed by atoms with Gasteiger partial charge in [0.15, 0.2) is 0 Å². The van der Waals surface area contributed by atoms with Crippen molar-refractivity contribution in [1.29, 1.82) is 5.26 Å². The number of aromatic nitrogens is 1. The molecule has 2 saturated heterocycles. The van der Waals surface area contributed by atoms with Gasteiger partial charge in [-0.1, -0.05) is 26.7 Å². The van der Waals surface area contributed by atoms with E-state index in [0.717, 1.165) is 57.4 Å². The summed E-state index contributed by atoms with van der Waals surface area (Å²) < 4.78 is 12.4. The molecule has 0 radical (unpaired) electrons. The van der Waals surface area contributed by atoms with Crippen molar-refractivity contribution in [2.24, 2.45) is 5.92 Å². The first-order valence-electron chi connectivity index (χ1n) is 10.2. The van der Waals surface area contributed by atoms with Crippen LogP contribution in [0, 0.1) is 17.2 Å². The number of rotatable bonds is 7. The van der Waals surface area contributed by atoms with Gasteiger partial charge in [0.1, 0.15) is 17.5 Å². The minimum absolute atomic E-state index is 0.166. The second-order valence-electron chi connectivity index (χ2n) is 7.86. The molecule has 6 heteroatoms. The molecule has 2 aliphatic heterocycles. The second kappa shape index (κ2) is 9.50. The summed E-state index contributed by atoms with van der Waals surface area (Å²) in [6.07, 6.45) is 6.29. The summed E-state index contributed by atoms with van der Waals surface area (Å²) >= 11 is 0. The van der Waals surface area contributed by atoms with Crippen molar-refractivity contribution >= 4 is 5.82 Å². The first-order chi connectivity index (χ1) is 13.2. The SMILES string of the molecule is CCC(CC)CN1CCOC[C@@]2(CC[C@@H](CNc3ccc(C#N)cn3)O2)C1. The molecule has 27 heavy (non-hydrogen) atoms. The molecule has 3 heterocycles. The lowest BCUT2D eigenvalue weighted by Gasteiger charge is -2.33. The predicted octanol–water partition coefficient (Wildman–Crippen LogP) is 3.05. The van der Waals surface area contributed by atoms with Crippen molar-refractivity contribution in [2.45, 2.75) is 51.2 Å². The van der Waals surface area contributed by atoms with E-state index in [1.165, 1.54) is 12.8 Å². The average molecular weight is 373 g/mol. The zero-order valence-electron chi connectivity index (χ0n) is 16.6. The first-order valence-corrected chi connectivity index (χ1v) is 10.2. The molecule has 0 amide bonds. The van der Waals surface area contributed by atoms with Gasteiger partial charge in [-0.25, -0.2) is 4.98 Å². The van der Waals surface area contributed by atoms with E-state index < -0.39 is 0 Å². The lowest BCUT2D eigenvalue weighted by atomic mass is 9.98. The van der Waals surface area contributed by atoms with Crippen LogP contribution < -0.4 is 5.32 Å². The van der Waals surface area contributed by atoms with Crippen molar-refractivity contribution in [3.05, 3.63) is 23.9 Å². The van der Waals surface area contributed by atoms with Gasteiger partial charge < -0.3 is 14.8 Å². The van der Waals surface area contributed by atoms with Crippen LogP contribution in [0.25, 0.3) is 0 Å². The molecule has 1 spiro atoms. The van der Waals surface area contributed by atoms with Gasteiger partial charge in [0.2, 0.25) is 0 Å². The lowest BCUT2D eigenvalue weighted by Crippen LogP contribution is -2.46. The van der Waals surface area contributed by atoms with E-state index >= 15 is 0 Å². The van der Waals surface area contributed by atoms with E-state index in [1.54, 1.807) is 12.3 Å². The third kappa shape index (κ3) is 5.41. The summed E-state index contributed by atoms with van der Waals surface area (Å²) in [4.78, 5) is 6.82. The van der Waals surface area contributed by atoms with Crippen molar-refractivity contribution in [3.63, 3.8) is 0 Å². The van der Waals surface area contributed by atoms with Gasteiger partial charge in [-0.05, 0) is 30.9 Å². The van der Waals surface area contributed by atoms with Crippen LogP contribution >= 0.6 is 0 Å². The van der Waals surface area contributed by atoms with Crippen molar-refractivity contribution in [1.82, 2.24) is 9.88 Å². The number of nitrogens with one attached hydrogen (secondary N) is 1. The van der Waals surface area contributed by atoms with Crippen LogP contribution in [-0.4, -0.2) is 61.0 Å². The molecule has 3 rings (SSSR count). The molecule has 148 valence electrons. The summed E-state index contributed by atoms with van der Waals surface area (Å²) in [6, 6.07) is 5.71. The van der Waals surface area contributed by atoms with Gasteiger partial charge >= 0.3 is 0 Å². The van der Waals surface area contributed by atoms with Crippen LogP contribution in [0.15, 0.2) is 18.3 Å². The van der Waals surface area contributed by atoms with Crippen LogP contribution in [0.5, 0.6) is 0 Å². The molecule has 2 aliphatic rings. The predicted molar refractivity (Wildman–Crippen MR) is 106 cm³/mol. The quantitative estimate of drug-likeness (QED) is 0.793. The van der Waals surface area contributed by atoms with Gasteiger partial charge in [-0.2, -0.15) is 5.26 Å². The minimum atomic E-state index is -0.174. The third-order valence-corrected chi connectivity index (χ3v) is 5.84. The van der Waals surface area contributed by atoms with Gasteiger partial charge in [-0.3, -0.25) is 4.90 Å². The smallest absolute Gasteiger partial charge is 0.126 e. The van der Waals surface area contributed by atoms with Crippen LogP contribution in [0.1, 0.15) is 45.1 Å². The lowest BCUT2D eigenvalue weighted by molar-refractivity contribution is -0.0828. The maximum absolute atomic E-state index is 8.86. The van der Waals surface area contributed by atoms with Crippen molar-refractivity contribution in [3.8, 4) is 6.07 Å². The monoisotopic (exact) mass is 372 g/mol. The van der Waals surface area contributed by atoms with Gasteiger partial charge in [0, 0.05) is 32.4 Å². The maximum Gasteiger partial charge on any atom is 0.126 e. The Morgan fingerprint density at radius 2 is 2.26 bits per heavy atom. The average Bonchev–Trinajstić information content (AvgIpc) is 2.99. The highest BCUT2D eigenvalue weighted by atomic mass is 16.6. The number of nitriles is 1. The molecule has 0 aliphatic carbocycles. The van der Waals surface area contributed by atoms with Crippen molar-refractivity contribution < 1.29 is 9.47 Å². The summed E-state index contributed by atoms with van der Waals surface area (Å²) in [5.41, 5.74) is 0.400. The Balaban J connectivity index is 1.53. The molecule has 2 fully saturated rings. The Labute approximate surface area is 162 Å². The highest BCUT2D eigenvalue weighted by molar-refractivity contribution is 5.39. The zero-order chi connectivity index (χ0) is 19.1.